The second-order valence-corrected chi connectivity index (χ2v) is 9.17. The molecule has 0 bridgehead atoms. The minimum absolute atomic E-state index is 0.0239. The molecule has 0 saturated carbocycles. The van der Waals surface area contributed by atoms with Gasteiger partial charge in [-0.2, -0.15) is 0 Å². The van der Waals surface area contributed by atoms with Crippen LogP contribution in [-0.4, -0.2) is 30.3 Å². The molecule has 1 aromatic carbocycles. The summed E-state index contributed by atoms with van der Waals surface area (Å²) in [4.78, 5) is 12.1. The summed E-state index contributed by atoms with van der Waals surface area (Å²) < 4.78 is 11.4. The number of hydrogen-bond donors (Lipinski definition) is 2. The normalized spacial score (nSPS) is 15.5. The smallest absolute Gasteiger partial charge is 0.226 e. The zero-order valence-corrected chi connectivity index (χ0v) is 20.6. The average Bonchev–Trinajstić information content (AvgIpc) is 3.30. The number of hydrogen-bond acceptors (Lipinski definition) is 4. The van der Waals surface area contributed by atoms with E-state index in [1.165, 1.54) is 57.8 Å². The molecule has 1 aromatic rings. The molecule has 1 atom stereocenters. The topological polar surface area (TPSA) is 59.6 Å². The summed E-state index contributed by atoms with van der Waals surface area (Å²) in [6, 6.07) is 7.61. The molecular weight excluding hydrogens is 420 g/mol. The highest BCUT2D eigenvalue weighted by Crippen LogP contribution is 2.20. The highest BCUT2D eigenvalue weighted by molar-refractivity contribution is 7.80. The molecule has 1 saturated heterocycles. The van der Waals surface area contributed by atoms with E-state index in [1.54, 1.807) is 0 Å². The Labute approximate surface area is 200 Å². The number of unbranched alkanes of at least 4 members (excludes halogenated alkanes) is 10. The van der Waals surface area contributed by atoms with Crippen molar-refractivity contribution in [3.8, 4) is 5.75 Å². The van der Waals surface area contributed by atoms with Gasteiger partial charge in [-0.1, -0.05) is 77.2 Å². The fourth-order valence-corrected chi connectivity index (χ4v) is 4.16. The zero-order chi connectivity index (χ0) is 22.9. The van der Waals surface area contributed by atoms with Crippen LogP contribution in [0.4, 0.5) is 5.69 Å². The molecule has 2 rings (SSSR count). The van der Waals surface area contributed by atoms with Crippen LogP contribution in [0.2, 0.25) is 0 Å². The lowest BCUT2D eigenvalue weighted by atomic mass is 10.1. The monoisotopic (exact) mass is 462 g/mol. The summed E-state index contributed by atoms with van der Waals surface area (Å²) in [5.41, 5.74) is 0.801. The van der Waals surface area contributed by atoms with Gasteiger partial charge in [0.25, 0.3) is 0 Å². The Kier molecular flexibility index (Phi) is 14.0. The van der Waals surface area contributed by atoms with Crippen LogP contribution in [0.1, 0.15) is 96.8 Å². The third-order valence-corrected chi connectivity index (χ3v) is 6.02. The largest absolute Gasteiger partial charge is 0.491 e. The van der Waals surface area contributed by atoms with E-state index in [0.29, 0.717) is 18.1 Å². The van der Waals surface area contributed by atoms with Crippen LogP contribution < -0.4 is 15.4 Å². The third-order valence-electron chi connectivity index (χ3n) is 5.81. The van der Waals surface area contributed by atoms with Crippen molar-refractivity contribution in [3.63, 3.8) is 0 Å². The van der Waals surface area contributed by atoms with Crippen LogP contribution in [0.5, 0.6) is 5.75 Å². The third kappa shape index (κ3) is 12.4. The van der Waals surface area contributed by atoms with Crippen LogP contribution >= 0.6 is 12.2 Å². The van der Waals surface area contributed by atoms with Crippen LogP contribution in [0, 0.1) is 0 Å². The molecule has 2 N–H and O–H groups in total. The second-order valence-electron chi connectivity index (χ2n) is 8.76. The number of carbonyl (C=O) groups is 1. The predicted molar refractivity (Wildman–Crippen MR) is 136 cm³/mol. The summed E-state index contributed by atoms with van der Waals surface area (Å²) in [6.45, 7) is 3.64. The average molecular weight is 463 g/mol. The number of nitrogens with one attached hydrogen (secondary N) is 2. The molecule has 32 heavy (non-hydrogen) atoms. The molecule has 6 heteroatoms. The quantitative estimate of drug-likeness (QED) is 0.210. The highest BCUT2D eigenvalue weighted by atomic mass is 32.1. The summed E-state index contributed by atoms with van der Waals surface area (Å²) in [5, 5.41) is 6.18. The molecule has 1 fully saturated rings. The van der Waals surface area contributed by atoms with Gasteiger partial charge in [-0.05, 0) is 43.6 Å². The number of thiocarbonyl (C=S) groups is 1. The lowest BCUT2D eigenvalue weighted by molar-refractivity contribution is -0.119. The van der Waals surface area contributed by atoms with Gasteiger partial charge in [-0.15, -0.1) is 0 Å². The molecule has 1 unspecified atom stereocenters. The van der Waals surface area contributed by atoms with Crippen molar-refractivity contribution >= 4 is 28.9 Å². The van der Waals surface area contributed by atoms with Crippen LogP contribution in [0.3, 0.4) is 0 Å². The van der Waals surface area contributed by atoms with Gasteiger partial charge in [0.05, 0.1) is 6.10 Å². The van der Waals surface area contributed by atoms with Gasteiger partial charge < -0.3 is 20.1 Å². The number of benzene rings is 1. The van der Waals surface area contributed by atoms with Crippen molar-refractivity contribution in [1.29, 1.82) is 0 Å². The first kappa shape index (κ1) is 26.6. The fraction of sp³-hybridized carbons (Fsp3) is 0.692. The summed E-state index contributed by atoms with van der Waals surface area (Å²) in [7, 11) is 0. The van der Waals surface area contributed by atoms with E-state index >= 15 is 0 Å². The van der Waals surface area contributed by atoms with E-state index in [4.69, 9.17) is 21.7 Å². The van der Waals surface area contributed by atoms with Crippen molar-refractivity contribution in [3.05, 3.63) is 24.3 Å². The first-order chi connectivity index (χ1) is 15.7. The maximum absolute atomic E-state index is 12.1. The van der Waals surface area contributed by atoms with Crippen LogP contribution in [-0.2, 0) is 9.53 Å². The van der Waals surface area contributed by atoms with E-state index in [2.05, 4.69) is 17.6 Å². The van der Waals surface area contributed by atoms with Gasteiger partial charge >= 0.3 is 0 Å². The maximum Gasteiger partial charge on any atom is 0.226 e. The number of anilines is 1. The van der Waals surface area contributed by atoms with E-state index in [-0.39, 0.29) is 12.0 Å². The molecular formula is C26H42N2O3S. The fourth-order valence-electron chi connectivity index (χ4n) is 3.93. The lowest BCUT2D eigenvalue weighted by Gasteiger charge is -2.13. The van der Waals surface area contributed by atoms with Gasteiger partial charge in [0.2, 0.25) is 5.91 Å². The summed E-state index contributed by atoms with van der Waals surface area (Å²) in [6.07, 6.45) is 16.9. The zero-order valence-electron chi connectivity index (χ0n) is 19.8. The van der Waals surface area contributed by atoms with Crippen LogP contribution in [0.15, 0.2) is 24.3 Å². The minimum atomic E-state index is -0.0239. The van der Waals surface area contributed by atoms with E-state index < -0.39 is 0 Å². The van der Waals surface area contributed by atoms with Crippen LogP contribution in [0.25, 0.3) is 0 Å². The number of amides is 1. The molecule has 0 aliphatic carbocycles. The van der Waals surface area contributed by atoms with Crippen molar-refractivity contribution in [2.75, 3.05) is 18.5 Å². The first-order valence-corrected chi connectivity index (χ1v) is 13.0. The summed E-state index contributed by atoms with van der Waals surface area (Å²) >= 11 is 5.29. The molecule has 1 heterocycles. The second kappa shape index (κ2) is 16.9. The molecule has 1 aliphatic rings. The Hall–Kier alpha value is -1.66. The van der Waals surface area contributed by atoms with Crippen molar-refractivity contribution in [1.82, 2.24) is 5.32 Å². The molecule has 0 radical (unpaired) electrons. The molecule has 0 spiro atoms. The first-order valence-electron chi connectivity index (χ1n) is 12.6. The number of rotatable bonds is 16. The Morgan fingerprint density at radius 3 is 2.41 bits per heavy atom. The Balaban J connectivity index is 1.50. The molecule has 5 nitrogen and oxygen atoms in total. The van der Waals surface area contributed by atoms with Gasteiger partial charge in [-0.3, -0.25) is 4.79 Å². The molecule has 0 aromatic heterocycles. The van der Waals surface area contributed by atoms with Gasteiger partial charge in [0.1, 0.15) is 12.4 Å². The van der Waals surface area contributed by atoms with Gasteiger partial charge in [0, 0.05) is 24.8 Å². The Morgan fingerprint density at radius 1 is 1.06 bits per heavy atom. The SMILES string of the molecule is CCCCCCCCCCCCCC(=O)NC(=S)Nc1cccc(OCC2CCCO2)c1. The van der Waals surface area contributed by atoms with E-state index in [1.807, 2.05) is 24.3 Å². The number of ether oxygens (including phenoxy) is 2. The van der Waals surface area contributed by atoms with Crippen molar-refractivity contribution < 1.29 is 14.3 Å². The number of carbonyl (C=O) groups excluding carboxylic acids is 1. The molecule has 180 valence electrons. The molecule has 1 amide bonds. The van der Waals surface area contributed by atoms with Gasteiger partial charge in [0.15, 0.2) is 5.11 Å². The maximum atomic E-state index is 12.1. The minimum Gasteiger partial charge on any atom is -0.491 e. The standard InChI is InChI=1S/C26H42N2O3S/c1-2-3-4-5-6-7-8-9-10-11-12-18-25(29)28-26(32)27-22-15-13-16-23(20-22)31-21-24-17-14-19-30-24/h13,15-16,20,24H,2-12,14,17-19,21H2,1H3,(H2,27,28,29,32). The van der Waals surface area contributed by atoms with E-state index in [9.17, 15) is 4.79 Å². The van der Waals surface area contributed by atoms with E-state index in [0.717, 1.165) is 43.7 Å². The van der Waals surface area contributed by atoms with Crippen molar-refractivity contribution in [2.45, 2.75) is 103 Å². The lowest BCUT2D eigenvalue weighted by Crippen LogP contribution is -2.33. The highest BCUT2D eigenvalue weighted by Gasteiger charge is 2.16. The van der Waals surface area contributed by atoms with Crippen molar-refractivity contribution in [2.24, 2.45) is 0 Å². The van der Waals surface area contributed by atoms with Gasteiger partial charge in [-0.25, -0.2) is 0 Å². The Bertz CT molecular complexity index is 662. The Morgan fingerprint density at radius 2 is 1.75 bits per heavy atom. The summed E-state index contributed by atoms with van der Waals surface area (Å²) in [5.74, 6) is 0.741. The predicted octanol–water partition coefficient (Wildman–Crippen LogP) is 6.76. The molecule has 1 aliphatic heterocycles.